The second kappa shape index (κ2) is 2.21. The fourth-order valence-electron chi connectivity index (χ4n) is 1.41. The molecule has 0 aromatic heterocycles. The van der Waals surface area contributed by atoms with Gasteiger partial charge in [0.05, 0.1) is 5.41 Å². The van der Waals surface area contributed by atoms with Gasteiger partial charge in [0.15, 0.2) is 0 Å². The quantitative estimate of drug-likeness (QED) is 0.594. The third kappa shape index (κ3) is 1.17. The predicted molar refractivity (Wildman–Crippen MR) is 40.5 cm³/mol. The van der Waals surface area contributed by atoms with Crippen LogP contribution in [0.5, 0.6) is 0 Å². The van der Waals surface area contributed by atoms with Gasteiger partial charge in [-0.1, -0.05) is 0 Å². The smallest absolute Gasteiger partial charge is 0.347 e. The van der Waals surface area contributed by atoms with Crippen LogP contribution in [0.2, 0.25) is 0 Å². The Kier molecular flexibility index (Phi) is 1.67. The number of carbonyl (C=O) groups is 2. The van der Waals surface area contributed by atoms with Gasteiger partial charge in [0, 0.05) is 6.42 Å². The highest BCUT2D eigenvalue weighted by Crippen LogP contribution is 2.39. The second-order valence-corrected chi connectivity index (χ2v) is 3.99. The van der Waals surface area contributed by atoms with Crippen molar-refractivity contribution in [2.24, 2.45) is 5.41 Å². The molecular formula is C8H12O4. The summed E-state index contributed by atoms with van der Waals surface area (Å²) in [5.74, 6) is -1.52. The lowest BCUT2D eigenvalue weighted by atomic mass is 9.85. The van der Waals surface area contributed by atoms with E-state index in [-0.39, 0.29) is 6.42 Å². The number of cyclic esters (lactones) is 1. The van der Waals surface area contributed by atoms with Crippen LogP contribution in [0, 0.1) is 5.41 Å². The molecule has 0 aromatic rings. The summed E-state index contributed by atoms with van der Waals surface area (Å²) in [5, 5.41) is 8.75. The van der Waals surface area contributed by atoms with Crippen molar-refractivity contribution in [1.82, 2.24) is 0 Å². The first kappa shape index (κ1) is 9.03. The molecule has 0 aliphatic carbocycles. The monoisotopic (exact) mass is 172 g/mol. The number of ether oxygens (including phenoxy) is 1. The Balaban J connectivity index is 2.92. The minimum atomic E-state index is -1.33. The lowest BCUT2D eigenvalue weighted by Crippen LogP contribution is -2.34. The predicted octanol–water partition coefficient (Wildman–Crippen LogP) is 0.803. The van der Waals surface area contributed by atoms with Crippen molar-refractivity contribution in [3.63, 3.8) is 0 Å². The van der Waals surface area contributed by atoms with Gasteiger partial charge in [-0.3, -0.25) is 4.79 Å². The minimum absolute atomic E-state index is 0.230. The van der Waals surface area contributed by atoms with Crippen molar-refractivity contribution >= 4 is 11.9 Å². The maximum atomic E-state index is 11.1. The molecule has 1 saturated heterocycles. The first-order valence-corrected chi connectivity index (χ1v) is 3.75. The highest BCUT2D eigenvalue weighted by atomic mass is 16.6. The van der Waals surface area contributed by atoms with Gasteiger partial charge in [-0.05, 0) is 20.8 Å². The third-order valence-corrected chi connectivity index (χ3v) is 2.10. The highest BCUT2D eigenvalue weighted by Gasteiger charge is 2.53. The lowest BCUT2D eigenvalue weighted by Gasteiger charge is -2.16. The molecule has 1 heterocycles. The molecule has 1 fully saturated rings. The first-order valence-electron chi connectivity index (χ1n) is 3.75. The van der Waals surface area contributed by atoms with E-state index in [0.29, 0.717) is 0 Å². The molecule has 1 unspecified atom stereocenters. The van der Waals surface area contributed by atoms with Gasteiger partial charge in [-0.2, -0.15) is 0 Å². The van der Waals surface area contributed by atoms with E-state index in [1.165, 1.54) is 6.92 Å². The average molecular weight is 172 g/mol. The summed E-state index contributed by atoms with van der Waals surface area (Å²) in [4.78, 5) is 21.8. The number of hydrogen-bond acceptors (Lipinski definition) is 3. The largest absolute Gasteiger partial charge is 0.478 e. The van der Waals surface area contributed by atoms with Crippen LogP contribution in [0.15, 0.2) is 0 Å². The van der Waals surface area contributed by atoms with Crippen LogP contribution >= 0.6 is 0 Å². The Hall–Kier alpha value is -1.06. The lowest BCUT2D eigenvalue weighted by molar-refractivity contribution is -0.168. The molecule has 4 heteroatoms. The summed E-state index contributed by atoms with van der Waals surface area (Å²) < 4.78 is 4.79. The molecule has 0 bridgehead atoms. The van der Waals surface area contributed by atoms with Crippen LogP contribution in [0.4, 0.5) is 0 Å². The van der Waals surface area contributed by atoms with Crippen molar-refractivity contribution in [2.75, 3.05) is 0 Å². The maximum Gasteiger partial charge on any atom is 0.347 e. The average Bonchev–Trinajstić information content (AvgIpc) is 2.03. The molecule has 0 saturated carbocycles. The molecule has 1 aliphatic heterocycles. The van der Waals surface area contributed by atoms with E-state index in [4.69, 9.17) is 9.84 Å². The van der Waals surface area contributed by atoms with Gasteiger partial charge < -0.3 is 9.84 Å². The number of hydrogen-bond donors (Lipinski definition) is 1. The van der Waals surface area contributed by atoms with Crippen LogP contribution < -0.4 is 0 Å². The van der Waals surface area contributed by atoms with Gasteiger partial charge in [0.1, 0.15) is 0 Å². The van der Waals surface area contributed by atoms with Gasteiger partial charge in [0.25, 0.3) is 0 Å². The second-order valence-electron chi connectivity index (χ2n) is 3.99. The van der Waals surface area contributed by atoms with Crippen LogP contribution in [0.25, 0.3) is 0 Å². The summed E-state index contributed by atoms with van der Waals surface area (Å²) in [6, 6.07) is 0. The molecule has 4 nitrogen and oxygen atoms in total. The summed E-state index contributed by atoms with van der Waals surface area (Å²) in [6.07, 6.45) is 0.230. The molecule has 1 atom stereocenters. The number of carboxylic acids is 1. The summed E-state index contributed by atoms with van der Waals surface area (Å²) in [7, 11) is 0. The molecule has 68 valence electrons. The molecule has 0 radical (unpaired) electrons. The minimum Gasteiger partial charge on any atom is -0.478 e. The fraction of sp³-hybridized carbons (Fsp3) is 0.750. The summed E-state index contributed by atoms with van der Waals surface area (Å²) in [6.45, 7) is 4.79. The molecule has 0 aromatic carbocycles. The number of carboxylic acid groups (broad SMARTS) is 1. The van der Waals surface area contributed by atoms with Gasteiger partial charge in [0.2, 0.25) is 5.60 Å². The molecular weight excluding hydrogens is 160 g/mol. The summed E-state index contributed by atoms with van der Waals surface area (Å²) >= 11 is 0. The zero-order valence-electron chi connectivity index (χ0n) is 7.38. The molecule has 1 rings (SSSR count). The normalized spacial score (nSPS) is 33.1. The van der Waals surface area contributed by atoms with E-state index >= 15 is 0 Å². The van der Waals surface area contributed by atoms with E-state index in [1.54, 1.807) is 13.8 Å². The zero-order valence-corrected chi connectivity index (χ0v) is 7.38. The van der Waals surface area contributed by atoms with E-state index in [9.17, 15) is 9.59 Å². The van der Waals surface area contributed by atoms with E-state index < -0.39 is 23.0 Å². The fourth-order valence-corrected chi connectivity index (χ4v) is 1.41. The Morgan fingerprint density at radius 2 is 2.00 bits per heavy atom. The Morgan fingerprint density at radius 1 is 1.50 bits per heavy atom. The zero-order chi connectivity index (χ0) is 9.57. The van der Waals surface area contributed by atoms with Crippen molar-refractivity contribution in [3.8, 4) is 0 Å². The van der Waals surface area contributed by atoms with Crippen LogP contribution in [0.3, 0.4) is 0 Å². The van der Waals surface area contributed by atoms with Crippen molar-refractivity contribution in [2.45, 2.75) is 32.8 Å². The summed E-state index contributed by atoms with van der Waals surface area (Å²) in [5.41, 5.74) is -2.01. The van der Waals surface area contributed by atoms with Gasteiger partial charge in [-0.25, -0.2) is 4.79 Å². The van der Waals surface area contributed by atoms with Crippen molar-refractivity contribution < 1.29 is 19.4 Å². The third-order valence-electron chi connectivity index (χ3n) is 2.10. The van der Waals surface area contributed by atoms with E-state index in [0.717, 1.165) is 0 Å². The SMILES string of the molecule is CC1(C)CC(C)(C(=O)O)OC1=O. The molecule has 1 aliphatic rings. The van der Waals surface area contributed by atoms with Crippen LogP contribution in [-0.4, -0.2) is 22.6 Å². The number of aliphatic carboxylic acids is 1. The van der Waals surface area contributed by atoms with Gasteiger partial charge >= 0.3 is 11.9 Å². The highest BCUT2D eigenvalue weighted by molar-refractivity contribution is 5.88. The van der Waals surface area contributed by atoms with Crippen molar-refractivity contribution in [3.05, 3.63) is 0 Å². The topological polar surface area (TPSA) is 63.6 Å². The standard InChI is InChI=1S/C8H12O4/c1-7(2)4-8(3,5(9)10)12-6(7)11/h4H2,1-3H3,(H,9,10). The number of esters is 1. The Morgan fingerprint density at radius 3 is 2.17 bits per heavy atom. The van der Waals surface area contributed by atoms with Crippen LogP contribution in [-0.2, 0) is 14.3 Å². The molecule has 1 N–H and O–H groups in total. The van der Waals surface area contributed by atoms with Crippen LogP contribution in [0.1, 0.15) is 27.2 Å². The maximum absolute atomic E-state index is 11.1. The molecule has 0 spiro atoms. The Bertz CT molecular complexity index is 243. The Labute approximate surface area is 70.5 Å². The van der Waals surface area contributed by atoms with E-state index in [2.05, 4.69) is 0 Å². The van der Waals surface area contributed by atoms with E-state index in [1.807, 2.05) is 0 Å². The molecule has 12 heavy (non-hydrogen) atoms. The number of rotatable bonds is 1. The first-order chi connectivity index (χ1) is 5.28. The van der Waals surface area contributed by atoms with Gasteiger partial charge in [-0.15, -0.1) is 0 Å². The van der Waals surface area contributed by atoms with Crippen molar-refractivity contribution in [1.29, 1.82) is 0 Å². The molecule has 0 amide bonds. The number of carbonyl (C=O) groups excluding carboxylic acids is 1.